The molecule has 1 aliphatic carbocycles. The van der Waals surface area contributed by atoms with Crippen LogP contribution in [0.3, 0.4) is 0 Å². The van der Waals surface area contributed by atoms with Gasteiger partial charge in [0.2, 0.25) is 5.91 Å². The molecule has 2 rings (SSSR count). The van der Waals surface area contributed by atoms with Crippen molar-refractivity contribution in [2.24, 2.45) is 5.41 Å². The second-order valence-electron chi connectivity index (χ2n) is 6.63. The van der Waals surface area contributed by atoms with E-state index in [1.165, 1.54) is 11.3 Å². The molecule has 7 heteroatoms. The van der Waals surface area contributed by atoms with E-state index < -0.39 is 0 Å². The largest absolute Gasteiger partial charge is 0.353 e. The Bertz CT molecular complexity index is 620. The molecule has 1 aromatic heterocycles. The third-order valence-electron chi connectivity index (χ3n) is 3.61. The summed E-state index contributed by atoms with van der Waals surface area (Å²) in [6.07, 6.45) is 1.65. The average Bonchev–Trinajstić information content (AvgIpc) is 3.06. The predicted octanol–water partition coefficient (Wildman–Crippen LogP) is 1.59. The number of hydrogen-bond acceptors (Lipinski definition) is 5. The molecule has 6 nitrogen and oxygen atoms in total. The van der Waals surface area contributed by atoms with E-state index in [0.717, 1.165) is 18.5 Å². The van der Waals surface area contributed by atoms with E-state index in [1.807, 2.05) is 20.8 Å². The topological polar surface area (TPSA) is 94.9 Å². The highest BCUT2D eigenvalue weighted by molar-refractivity contribution is 7.11. The van der Waals surface area contributed by atoms with E-state index in [2.05, 4.69) is 21.7 Å². The van der Waals surface area contributed by atoms with E-state index in [-0.39, 0.29) is 29.2 Å². The first-order chi connectivity index (χ1) is 10.3. The van der Waals surface area contributed by atoms with Crippen LogP contribution < -0.4 is 10.6 Å². The summed E-state index contributed by atoms with van der Waals surface area (Å²) >= 11 is 1.27. The quantitative estimate of drug-likeness (QED) is 0.861. The normalized spacial score (nSPS) is 15.7. The summed E-state index contributed by atoms with van der Waals surface area (Å²) in [5, 5.41) is 14.2. The fourth-order valence-electron chi connectivity index (χ4n) is 1.99. The van der Waals surface area contributed by atoms with Gasteiger partial charge < -0.3 is 10.6 Å². The lowest BCUT2D eigenvalue weighted by atomic mass is 9.91. The van der Waals surface area contributed by atoms with Gasteiger partial charge in [-0.3, -0.25) is 9.59 Å². The molecule has 2 N–H and O–H groups in total. The van der Waals surface area contributed by atoms with Crippen LogP contribution in [-0.4, -0.2) is 29.9 Å². The van der Waals surface area contributed by atoms with Crippen molar-refractivity contribution in [1.82, 2.24) is 15.6 Å². The first kappa shape index (κ1) is 16.4. The lowest BCUT2D eigenvalue weighted by molar-refractivity contribution is -0.120. The van der Waals surface area contributed by atoms with Crippen molar-refractivity contribution in [3.05, 3.63) is 16.1 Å². The van der Waals surface area contributed by atoms with Gasteiger partial charge in [0.25, 0.3) is 5.91 Å². The number of rotatable bonds is 5. The molecule has 0 unspecified atom stereocenters. The molecule has 1 aliphatic rings. The maximum atomic E-state index is 12.2. The van der Waals surface area contributed by atoms with Gasteiger partial charge in [0.1, 0.15) is 4.88 Å². The first-order valence-corrected chi connectivity index (χ1v) is 8.05. The second-order valence-corrected chi connectivity index (χ2v) is 7.49. The molecule has 0 aliphatic heterocycles. The molecule has 1 aromatic rings. The second kappa shape index (κ2) is 6.05. The fraction of sp³-hybridized carbons (Fsp3) is 0.600. The smallest absolute Gasteiger partial charge is 0.263 e. The van der Waals surface area contributed by atoms with Gasteiger partial charge in [0.05, 0.1) is 29.2 Å². The molecule has 0 spiro atoms. The monoisotopic (exact) mass is 320 g/mol. The first-order valence-electron chi connectivity index (χ1n) is 7.17. The minimum absolute atomic E-state index is 0.0954. The Morgan fingerprint density at radius 3 is 2.64 bits per heavy atom. The number of nitriles is 1. The maximum Gasteiger partial charge on any atom is 0.263 e. The van der Waals surface area contributed by atoms with E-state index in [1.54, 1.807) is 5.51 Å². The minimum atomic E-state index is -0.378. The van der Waals surface area contributed by atoms with Crippen LogP contribution in [0, 0.1) is 16.7 Å². The van der Waals surface area contributed by atoms with Crippen molar-refractivity contribution in [3.8, 4) is 6.07 Å². The number of carbonyl (C=O) groups is 2. The number of carbonyl (C=O) groups excluding carboxylic acids is 2. The van der Waals surface area contributed by atoms with Crippen LogP contribution >= 0.6 is 11.3 Å². The van der Waals surface area contributed by atoms with Crippen LogP contribution in [0.5, 0.6) is 0 Å². The van der Waals surface area contributed by atoms with Crippen LogP contribution in [0.15, 0.2) is 5.51 Å². The summed E-state index contributed by atoms with van der Waals surface area (Å²) in [6.45, 7) is 6.22. The number of thiazole rings is 1. The van der Waals surface area contributed by atoms with Crippen molar-refractivity contribution in [1.29, 1.82) is 5.26 Å². The summed E-state index contributed by atoms with van der Waals surface area (Å²) in [5.74, 6) is -0.569. The van der Waals surface area contributed by atoms with Gasteiger partial charge in [-0.2, -0.15) is 5.26 Å². The number of aromatic nitrogens is 1. The van der Waals surface area contributed by atoms with E-state index >= 15 is 0 Å². The highest BCUT2D eigenvalue weighted by atomic mass is 32.1. The van der Waals surface area contributed by atoms with Gasteiger partial charge in [-0.1, -0.05) is 20.8 Å². The van der Waals surface area contributed by atoms with Crippen LogP contribution in [0.25, 0.3) is 0 Å². The lowest BCUT2D eigenvalue weighted by Gasteiger charge is -2.17. The van der Waals surface area contributed by atoms with Crippen LogP contribution in [0.4, 0.5) is 0 Å². The minimum Gasteiger partial charge on any atom is -0.353 e. The van der Waals surface area contributed by atoms with E-state index in [9.17, 15) is 9.59 Å². The van der Waals surface area contributed by atoms with Crippen molar-refractivity contribution < 1.29 is 9.59 Å². The zero-order valence-electron chi connectivity index (χ0n) is 13.0. The third-order valence-corrected chi connectivity index (χ3v) is 4.43. The van der Waals surface area contributed by atoms with Gasteiger partial charge in [0.15, 0.2) is 0 Å². The Labute approximate surface area is 133 Å². The Balaban J connectivity index is 1.84. The number of nitrogens with one attached hydrogen (secondary N) is 2. The van der Waals surface area contributed by atoms with Crippen LogP contribution in [0.1, 0.15) is 49.0 Å². The molecule has 0 radical (unpaired) electrons. The molecule has 0 aromatic carbocycles. The Morgan fingerprint density at radius 2 is 2.09 bits per heavy atom. The molecule has 1 saturated carbocycles. The average molecular weight is 320 g/mol. The Hall–Kier alpha value is -1.94. The highest BCUT2D eigenvalue weighted by Crippen LogP contribution is 2.43. The van der Waals surface area contributed by atoms with Crippen LogP contribution in [0.2, 0.25) is 0 Å². The number of amides is 2. The maximum absolute atomic E-state index is 12.2. The summed E-state index contributed by atoms with van der Waals surface area (Å²) in [6, 6.07) is 2.21. The van der Waals surface area contributed by atoms with Gasteiger partial charge >= 0.3 is 0 Å². The predicted molar refractivity (Wildman–Crippen MR) is 83.4 cm³/mol. The van der Waals surface area contributed by atoms with Gasteiger partial charge in [-0.15, -0.1) is 11.3 Å². The molecule has 0 atom stereocenters. The van der Waals surface area contributed by atoms with Crippen molar-refractivity contribution in [2.45, 2.75) is 39.0 Å². The summed E-state index contributed by atoms with van der Waals surface area (Å²) in [7, 11) is 0. The SMILES string of the molecule is CC(C)(C)c1ncsc1C(=O)NCC(=O)NCC1(C#N)CC1. The molecule has 0 bridgehead atoms. The van der Waals surface area contributed by atoms with Crippen molar-refractivity contribution in [2.75, 3.05) is 13.1 Å². The Kier molecular flexibility index (Phi) is 4.52. The highest BCUT2D eigenvalue weighted by Gasteiger charge is 2.43. The van der Waals surface area contributed by atoms with Crippen molar-refractivity contribution in [3.63, 3.8) is 0 Å². The zero-order valence-corrected chi connectivity index (χ0v) is 13.8. The molecule has 2 amide bonds. The molecule has 1 fully saturated rings. The number of hydrogen-bond donors (Lipinski definition) is 2. The summed E-state index contributed by atoms with van der Waals surface area (Å²) in [5.41, 5.74) is 1.77. The summed E-state index contributed by atoms with van der Waals surface area (Å²) < 4.78 is 0. The third kappa shape index (κ3) is 3.83. The van der Waals surface area contributed by atoms with Gasteiger partial charge in [-0.05, 0) is 12.8 Å². The van der Waals surface area contributed by atoms with Crippen molar-refractivity contribution >= 4 is 23.2 Å². The standard InChI is InChI=1S/C15H20N4O2S/c1-14(2,3)12-11(22-9-19-12)13(21)17-6-10(20)18-8-15(7-16)4-5-15/h9H,4-6,8H2,1-3H3,(H,17,21)(H,18,20). The molecular formula is C15H20N4O2S. The number of nitrogens with zero attached hydrogens (tertiary/aromatic N) is 2. The molecule has 1 heterocycles. The molecule has 0 saturated heterocycles. The molecule has 22 heavy (non-hydrogen) atoms. The summed E-state index contributed by atoms with van der Waals surface area (Å²) in [4.78, 5) is 28.7. The zero-order chi connectivity index (χ0) is 16.4. The lowest BCUT2D eigenvalue weighted by Crippen LogP contribution is -2.39. The molecular weight excluding hydrogens is 300 g/mol. The van der Waals surface area contributed by atoms with Crippen LogP contribution in [-0.2, 0) is 10.2 Å². The fourth-order valence-corrected chi connectivity index (χ4v) is 2.90. The van der Waals surface area contributed by atoms with E-state index in [4.69, 9.17) is 5.26 Å². The Morgan fingerprint density at radius 1 is 1.41 bits per heavy atom. The van der Waals surface area contributed by atoms with E-state index in [0.29, 0.717) is 11.4 Å². The molecule has 118 valence electrons. The van der Waals surface area contributed by atoms with Gasteiger partial charge in [0, 0.05) is 12.0 Å². The van der Waals surface area contributed by atoms with Gasteiger partial charge in [-0.25, -0.2) is 4.98 Å².